The van der Waals surface area contributed by atoms with Gasteiger partial charge in [-0.25, -0.2) is 0 Å². The number of allylic oxidation sites excluding steroid dienone is 2. The van der Waals surface area contributed by atoms with Gasteiger partial charge >= 0.3 is 5.97 Å². The normalized spacial score (nSPS) is 11.1. The van der Waals surface area contributed by atoms with Gasteiger partial charge in [-0.3, -0.25) is 9.59 Å². The molecule has 0 aliphatic carbocycles. The third-order valence-corrected chi connectivity index (χ3v) is 5.10. The van der Waals surface area contributed by atoms with Crippen LogP contribution in [-0.4, -0.2) is 18.4 Å². The zero-order valence-electron chi connectivity index (χ0n) is 18.4. The van der Waals surface area contributed by atoms with Crippen molar-refractivity contribution in [3.05, 3.63) is 48.0 Å². The summed E-state index contributed by atoms with van der Waals surface area (Å²) < 4.78 is 5.08. The lowest BCUT2D eigenvalue weighted by Gasteiger charge is -2.04. The summed E-state index contributed by atoms with van der Waals surface area (Å²) in [5, 5.41) is 0. The van der Waals surface area contributed by atoms with E-state index in [0.29, 0.717) is 12.0 Å². The standard InChI is InChI=1S/C26H40O3/c1-2-3-4-5-6-7-8-9-10-11-12-13-14-15-19-22-26(28)29-23-25(27)24-20-17-16-18-21-24/h10-11,16-18,20-21H,2-9,12-15,19,22-23H2,1H3. The number of Topliss-reactive ketones (excluding diaryl/α,β-unsaturated/α-hetero) is 1. The molecule has 0 N–H and O–H groups in total. The molecule has 0 atom stereocenters. The summed E-state index contributed by atoms with van der Waals surface area (Å²) in [4.78, 5) is 23.6. The van der Waals surface area contributed by atoms with E-state index in [1.807, 2.05) is 6.07 Å². The molecule has 0 amide bonds. The molecule has 0 unspecified atom stereocenters. The lowest BCUT2D eigenvalue weighted by atomic mass is 10.1. The van der Waals surface area contributed by atoms with Gasteiger partial charge in [-0.05, 0) is 32.1 Å². The predicted octanol–water partition coefficient (Wildman–Crippen LogP) is 7.45. The molecule has 0 aliphatic heterocycles. The molecule has 29 heavy (non-hydrogen) atoms. The van der Waals surface area contributed by atoms with E-state index in [4.69, 9.17) is 4.74 Å². The van der Waals surface area contributed by atoms with Gasteiger partial charge in [-0.1, -0.05) is 101 Å². The van der Waals surface area contributed by atoms with Gasteiger partial charge in [0.1, 0.15) is 0 Å². The highest BCUT2D eigenvalue weighted by molar-refractivity contribution is 5.97. The molecule has 0 aliphatic rings. The van der Waals surface area contributed by atoms with E-state index in [9.17, 15) is 9.59 Å². The Kier molecular flexibility index (Phi) is 15.7. The number of unbranched alkanes of at least 4 members (excludes halogenated alkanes) is 11. The number of rotatable bonds is 18. The first-order chi connectivity index (χ1) is 14.2. The van der Waals surface area contributed by atoms with Crippen molar-refractivity contribution in [3.63, 3.8) is 0 Å². The highest BCUT2D eigenvalue weighted by atomic mass is 16.5. The molecule has 0 saturated carbocycles. The highest BCUT2D eigenvalue weighted by Crippen LogP contribution is 2.10. The number of ether oxygens (including phenoxy) is 1. The van der Waals surface area contributed by atoms with Crippen LogP contribution in [0.4, 0.5) is 0 Å². The van der Waals surface area contributed by atoms with Crippen LogP contribution in [-0.2, 0) is 9.53 Å². The fourth-order valence-corrected chi connectivity index (χ4v) is 3.27. The Balaban J connectivity index is 1.87. The van der Waals surface area contributed by atoms with Gasteiger partial charge in [-0.15, -0.1) is 0 Å². The molecule has 162 valence electrons. The largest absolute Gasteiger partial charge is 0.457 e. The van der Waals surface area contributed by atoms with Crippen LogP contribution in [0.5, 0.6) is 0 Å². The van der Waals surface area contributed by atoms with E-state index in [1.54, 1.807) is 24.3 Å². The molecule has 0 heterocycles. The third kappa shape index (κ3) is 14.7. The SMILES string of the molecule is CCCCCCCCCC=CCCCCCCC(=O)OCC(=O)c1ccccc1. The predicted molar refractivity (Wildman–Crippen MR) is 121 cm³/mol. The first-order valence-electron chi connectivity index (χ1n) is 11.6. The molecule has 0 bridgehead atoms. The average Bonchev–Trinajstić information content (AvgIpc) is 2.75. The van der Waals surface area contributed by atoms with E-state index >= 15 is 0 Å². The lowest BCUT2D eigenvalue weighted by Crippen LogP contribution is -2.13. The fraction of sp³-hybridized carbons (Fsp3) is 0.615. The molecule has 1 aromatic carbocycles. The van der Waals surface area contributed by atoms with Crippen molar-refractivity contribution in [2.24, 2.45) is 0 Å². The lowest BCUT2D eigenvalue weighted by molar-refractivity contribution is -0.142. The van der Waals surface area contributed by atoms with Crippen LogP contribution in [0.25, 0.3) is 0 Å². The van der Waals surface area contributed by atoms with Gasteiger partial charge in [0.05, 0.1) is 0 Å². The third-order valence-electron chi connectivity index (χ3n) is 5.10. The summed E-state index contributed by atoms with van der Waals surface area (Å²) in [5.41, 5.74) is 0.584. The second-order valence-electron chi connectivity index (χ2n) is 7.78. The quantitative estimate of drug-likeness (QED) is 0.111. The monoisotopic (exact) mass is 400 g/mol. The molecule has 3 nitrogen and oxygen atoms in total. The maximum atomic E-state index is 11.9. The molecular weight excluding hydrogens is 360 g/mol. The van der Waals surface area contributed by atoms with E-state index in [1.165, 1.54) is 57.8 Å². The van der Waals surface area contributed by atoms with Gasteiger partial charge in [0.15, 0.2) is 12.4 Å². The van der Waals surface area contributed by atoms with Crippen LogP contribution in [0.15, 0.2) is 42.5 Å². The van der Waals surface area contributed by atoms with Crippen LogP contribution >= 0.6 is 0 Å². The van der Waals surface area contributed by atoms with Crippen LogP contribution < -0.4 is 0 Å². The van der Waals surface area contributed by atoms with Gasteiger partial charge in [0, 0.05) is 12.0 Å². The van der Waals surface area contributed by atoms with Gasteiger partial charge in [0.2, 0.25) is 0 Å². The maximum absolute atomic E-state index is 11.9. The van der Waals surface area contributed by atoms with Crippen molar-refractivity contribution in [1.82, 2.24) is 0 Å². The van der Waals surface area contributed by atoms with E-state index in [0.717, 1.165) is 25.7 Å². The van der Waals surface area contributed by atoms with Gasteiger partial charge < -0.3 is 4.74 Å². The smallest absolute Gasteiger partial charge is 0.306 e. The Labute approximate surface area is 177 Å². The Morgan fingerprint density at radius 2 is 1.31 bits per heavy atom. The van der Waals surface area contributed by atoms with Crippen molar-refractivity contribution < 1.29 is 14.3 Å². The number of ketones is 1. The summed E-state index contributed by atoms with van der Waals surface area (Å²) in [7, 11) is 0. The summed E-state index contributed by atoms with van der Waals surface area (Å²) in [6.07, 6.45) is 21.1. The minimum atomic E-state index is -0.274. The molecular formula is C26H40O3. The molecule has 3 heteroatoms. The molecule has 1 rings (SSSR count). The number of carbonyl (C=O) groups excluding carboxylic acids is 2. The van der Waals surface area contributed by atoms with Crippen molar-refractivity contribution in [2.75, 3.05) is 6.61 Å². The minimum Gasteiger partial charge on any atom is -0.457 e. The molecule has 0 radical (unpaired) electrons. The van der Waals surface area contributed by atoms with Crippen LogP contribution in [0, 0.1) is 0 Å². The summed E-state index contributed by atoms with van der Waals surface area (Å²) in [5.74, 6) is -0.425. The number of benzene rings is 1. The maximum Gasteiger partial charge on any atom is 0.306 e. The van der Waals surface area contributed by atoms with E-state index < -0.39 is 0 Å². The molecule has 0 spiro atoms. The van der Waals surface area contributed by atoms with Crippen LogP contribution in [0.3, 0.4) is 0 Å². The highest BCUT2D eigenvalue weighted by Gasteiger charge is 2.09. The molecule has 0 aromatic heterocycles. The minimum absolute atomic E-state index is 0.151. The van der Waals surface area contributed by atoms with E-state index in [2.05, 4.69) is 19.1 Å². The molecule has 0 saturated heterocycles. The van der Waals surface area contributed by atoms with Gasteiger partial charge in [0.25, 0.3) is 0 Å². The van der Waals surface area contributed by atoms with Crippen molar-refractivity contribution >= 4 is 11.8 Å². The zero-order chi connectivity index (χ0) is 21.0. The Bertz CT molecular complexity index is 563. The Morgan fingerprint density at radius 3 is 1.93 bits per heavy atom. The van der Waals surface area contributed by atoms with Crippen molar-refractivity contribution in [3.8, 4) is 0 Å². The Hall–Kier alpha value is -1.90. The van der Waals surface area contributed by atoms with Gasteiger partial charge in [-0.2, -0.15) is 0 Å². The fourth-order valence-electron chi connectivity index (χ4n) is 3.27. The molecule has 1 aromatic rings. The number of carbonyl (C=O) groups is 2. The number of hydrogen-bond acceptors (Lipinski definition) is 3. The second-order valence-corrected chi connectivity index (χ2v) is 7.78. The summed E-state index contributed by atoms with van der Waals surface area (Å²) >= 11 is 0. The van der Waals surface area contributed by atoms with Crippen LogP contribution in [0.1, 0.15) is 107 Å². The van der Waals surface area contributed by atoms with E-state index in [-0.39, 0.29) is 18.4 Å². The van der Waals surface area contributed by atoms with Crippen molar-refractivity contribution in [2.45, 2.75) is 96.8 Å². The second kappa shape index (κ2) is 18.1. The first-order valence-corrected chi connectivity index (χ1v) is 11.6. The van der Waals surface area contributed by atoms with Crippen molar-refractivity contribution in [1.29, 1.82) is 0 Å². The number of esters is 1. The number of hydrogen-bond donors (Lipinski definition) is 0. The first kappa shape index (κ1) is 25.1. The zero-order valence-corrected chi connectivity index (χ0v) is 18.4. The molecule has 0 fully saturated rings. The summed E-state index contributed by atoms with van der Waals surface area (Å²) in [6.45, 7) is 2.10. The van der Waals surface area contributed by atoms with Crippen LogP contribution in [0.2, 0.25) is 0 Å². The average molecular weight is 401 g/mol. The summed E-state index contributed by atoms with van der Waals surface area (Å²) in [6, 6.07) is 8.94. The topological polar surface area (TPSA) is 43.4 Å². The Morgan fingerprint density at radius 1 is 0.759 bits per heavy atom.